The van der Waals surface area contributed by atoms with E-state index in [1.807, 2.05) is 13.0 Å². The normalized spacial score (nSPS) is 10.2. The molecule has 0 fully saturated rings. The van der Waals surface area contributed by atoms with Gasteiger partial charge < -0.3 is 15.4 Å². The van der Waals surface area contributed by atoms with E-state index in [4.69, 9.17) is 4.74 Å². The number of hydrogen-bond acceptors (Lipinski definition) is 5. The highest BCUT2D eigenvalue weighted by Crippen LogP contribution is 2.29. The van der Waals surface area contributed by atoms with E-state index < -0.39 is 5.82 Å². The summed E-state index contributed by atoms with van der Waals surface area (Å²) in [7, 11) is 1.57. The van der Waals surface area contributed by atoms with E-state index in [9.17, 15) is 4.39 Å². The molecule has 0 bridgehead atoms. The van der Waals surface area contributed by atoms with Crippen LogP contribution >= 0.6 is 15.9 Å². The molecule has 0 unspecified atom stereocenters. The van der Waals surface area contributed by atoms with E-state index in [2.05, 4.69) is 36.5 Å². The Bertz CT molecular complexity index is 609. The van der Waals surface area contributed by atoms with Crippen LogP contribution < -0.4 is 15.4 Å². The summed E-state index contributed by atoms with van der Waals surface area (Å²) in [5.41, 5.74) is 0.671. The molecule has 2 N–H and O–H groups in total. The van der Waals surface area contributed by atoms with E-state index in [0.717, 1.165) is 10.7 Å². The second kappa shape index (κ2) is 6.51. The van der Waals surface area contributed by atoms with E-state index >= 15 is 0 Å². The van der Waals surface area contributed by atoms with Crippen molar-refractivity contribution in [3.05, 3.63) is 34.7 Å². The first-order valence-corrected chi connectivity index (χ1v) is 6.80. The van der Waals surface area contributed by atoms with Gasteiger partial charge in [0, 0.05) is 18.3 Å². The van der Waals surface area contributed by atoms with Gasteiger partial charge in [0.05, 0.1) is 17.8 Å². The fraction of sp³-hybridized carbons (Fsp3) is 0.231. The third kappa shape index (κ3) is 3.36. The Morgan fingerprint density at radius 3 is 2.90 bits per heavy atom. The zero-order valence-corrected chi connectivity index (χ0v) is 12.7. The Morgan fingerprint density at radius 2 is 2.20 bits per heavy atom. The van der Waals surface area contributed by atoms with Crippen LogP contribution in [0.4, 0.5) is 21.8 Å². The second-order valence-electron chi connectivity index (χ2n) is 3.89. The van der Waals surface area contributed by atoms with Crippen LogP contribution in [0.25, 0.3) is 0 Å². The highest BCUT2D eigenvalue weighted by atomic mass is 79.9. The first-order valence-electron chi connectivity index (χ1n) is 6.01. The number of hydrogen-bond donors (Lipinski definition) is 2. The van der Waals surface area contributed by atoms with Crippen molar-refractivity contribution in [1.82, 2.24) is 9.97 Å². The van der Waals surface area contributed by atoms with Gasteiger partial charge in [-0.2, -0.15) is 4.98 Å². The van der Waals surface area contributed by atoms with Crippen molar-refractivity contribution in [1.29, 1.82) is 0 Å². The molecule has 20 heavy (non-hydrogen) atoms. The van der Waals surface area contributed by atoms with Gasteiger partial charge in [-0.05, 0) is 35.0 Å². The SMILES string of the molecule is CCNc1ncc(F)c(Nc2ccc(Br)c(OC)c2)n1. The summed E-state index contributed by atoms with van der Waals surface area (Å²) in [6, 6.07) is 5.35. The van der Waals surface area contributed by atoms with Gasteiger partial charge in [0.1, 0.15) is 5.75 Å². The highest BCUT2D eigenvalue weighted by molar-refractivity contribution is 9.10. The van der Waals surface area contributed by atoms with Gasteiger partial charge in [0.15, 0.2) is 11.6 Å². The van der Waals surface area contributed by atoms with Crippen LogP contribution in [0.15, 0.2) is 28.9 Å². The minimum Gasteiger partial charge on any atom is -0.495 e. The van der Waals surface area contributed by atoms with Gasteiger partial charge >= 0.3 is 0 Å². The third-order valence-corrected chi connectivity index (χ3v) is 3.15. The summed E-state index contributed by atoms with van der Waals surface area (Å²) in [4.78, 5) is 7.92. The summed E-state index contributed by atoms with van der Waals surface area (Å²) < 4.78 is 19.7. The first-order chi connectivity index (χ1) is 9.63. The molecule has 106 valence electrons. The Hall–Kier alpha value is -1.89. The van der Waals surface area contributed by atoms with E-state index in [1.165, 1.54) is 0 Å². The number of nitrogens with zero attached hydrogens (tertiary/aromatic N) is 2. The molecule has 0 saturated heterocycles. The smallest absolute Gasteiger partial charge is 0.224 e. The number of anilines is 3. The molecule has 1 aromatic carbocycles. The third-order valence-electron chi connectivity index (χ3n) is 2.49. The first kappa shape index (κ1) is 14.5. The number of halogens is 2. The quantitative estimate of drug-likeness (QED) is 0.871. The summed E-state index contributed by atoms with van der Waals surface area (Å²) >= 11 is 3.36. The van der Waals surface area contributed by atoms with Crippen LogP contribution in [0.2, 0.25) is 0 Å². The molecular formula is C13H14BrFN4O. The lowest BCUT2D eigenvalue weighted by molar-refractivity contribution is 0.412. The number of methoxy groups -OCH3 is 1. The molecule has 0 aliphatic heterocycles. The maximum Gasteiger partial charge on any atom is 0.224 e. The Balaban J connectivity index is 2.27. The molecule has 0 spiro atoms. The lowest BCUT2D eigenvalue weighted by atomic mass is 10.3. The summed E-state index contributed by atoms with van der Waals surface area (Å²) in [5, 5.41) is 5.84. The van der Waals surface area contributed by atoms with Gasteiger partial charge in [-0.15, -0.1) is 0 Å². The van der Waals surface area contributed by atoms with Crippen LogP contribution in [0, 0.1) is 5.82 Å². The topological polar surface area (TPSA) is 59.1 Å². The van der Waals surface area contributed by atoms with Crippen LogP contribution in [0.5, 0.6) is 5.75 Å². The Morgan fingerprint density at radius 1 is 1.40 bits per heavy atom. The van der Waals surface area contributed by atoms with Crippen molar-refractivity contribution in [2.75, 3.05) is 24.3 Å². The summed E-state index contributed by atoms with van der Waals surface area (Å²) in [6.45, 7) is 2.58. The predicted molar refractivity (Wildman–Crippen MR) is 80.1 cm³/mol. The van der Waals surface area contributed by atoms with Gasteiger partial charge in [-0.25, -0.2) is 9.37 Å². The number of rotatable bonds is 5. The molecule has 0 aliphatic rings. The van der Waals surface area contributed by atoms with Crippen molar-refractivity contribution >= 4 is 33.4 Å². The fourth-order valence-electron chi connectivity index (χ4n) is 1.57. The maximum atomic E-state index is 13.7. The van der Waals surface area contributed by atoms with Gasteiger partial charge in [-0.3, -0.25) is 0 Å². The van der Waals surface area contributed by atoms with Gasteiger partial charge in [0.25, 0.3) is 0 Å². The standard InChI is InChI=1S/C13H14BrFN4O/c1-3-16-13-17-7-10(15)12(19-13)18-8-4-5-9(14)11(6-8)20-2/h4-7H,3H2,1-2H3,(H2,16,17,18,19). The van der Waals surface area contributed by atoms with Crippen LogP contribution in [0.1, 0.15) is 6.92 Å². The molecule has 2 rings (SSSR count). The van der Waals surface area contributed by atoms with Crippen LogP contribution in [-0.4, -0.2) is 23.6 Å². The predicted octanol–water partition coefficient (Wildman–Crippen LogP) is 3.56. The summed E-state index contributed by atoms with van der Waals surface area (Å²) in [6.07, 6.45) is 1.13. The van der Waals surface area contributed by atoms with E-state index in [1.54, 1.807) is 19.2 Å². The Kier molecular flexibility index (Phi) is 4.73. The van der Waals surface area contributed by atoms with Gasteiger partial charge in [-0.1, -0.05) is 0 Å². The van der Waals surface area contributed by atoms with Crippen LogP contribution in [0.3, 0.4) is 0 Å². The van der Waals surface area contributed by atoms with Crippen molar-refractivity contribution in [3.63, 3.8) is 0 Å². The largest absolute Gasteiger partial charge is 0.495 e. The van der Waals surface area contributed by atoms with Gasteiger partial charge in [0.2, 0.25) is 5.95 Å². The number of benzene rings is 1. The van der Waals surface area contributed by atoms with Crippen molar-refractivity contribution in [2.45, 2.75) is 6.92 Å². The van der Waals surface area contributed by atoms with Crippen molar-refractivity contribution < 1.29 is 9.13 Å². The molecule has 0 amide bonds. The Labute approximate surface area is 124 Å². The molecule has 7 heteroatoms. The number of aromatic nitrogens is 2. The molecule has 1 heterocycles. The molecule has 0 radical (unpaired) electrons. The lowest BCUT2D eigenvalue weighted by Crippen LogP contribution is -2.05. The second-order valence-corrected chi connectivity index (χ2v) is 4.75. The average Bonchev–Trinajstić information content (AvgIpc) is 2.45. The fourth-order valence-corrected chi connectivity index (χ4v) is 1.98. The number of ether oxygens (including phenoxy) is 1. The monoisotopic (exact) mass is 340 g/mol. The molecule has 0 aliphatic carbocycles. The zero-order chi connectivity index (χ0) is 14.5. The molecule has 2 aromatic rings. The molecule has 0 saturated carbocycles. The van der Waals surface area contributed by atoms with Crippen molar-refractivity contribution in [3.8, 4) is 5.75 Å². The lowest BCUT2D eigenvalue weighted by Gasteiger charge is -2.10. The summed E-state index contributed by atoms with van der Waals surface area (Å²) in [5.74, 6) is 0.616. The minimum absolute atomic E-state index is 0.111. The van der Waals surface area contributed by atoms with E-state index in [0.29, 0.717) is 23.9 Å². The molecular weight excluding hydrogens is 327 g/mol. The minimum atomic E-state index is -0.520. The maximum absolute atomic E-state index is 13.7. The van der Waals surface area contributed by atoms with Crippen molar-refractivity contribution in [2.24, 2.45) is 0 Å². The van der Waals surface area contributed by atoms with Crippen LogP contribution in [-0.2, 0) is 0 Å². The molecule has 1 aromatic heterocycles. The number of nitrogens with one attached hydrogen (secondary N) is 2. The highest BCUT2D eigenvalue weighted by Gasteiger charge is 2.08. The molecule has 5 nitrogen and oxygen atoms in total. The van der Waals surface area contributed by atoms with E-state index in [-0.39, 0.29) is 5.82 Å². The molecule has 0 atom stereocenters. The average molecular weight is 341 g/mol. The zero-order valence-electron chi connectivity index (χ0n) is 11.1.